The van der Waals surface area contributed by atoms with Gasteiger partial charge in [0.05, 0.1) is 13.2 Å². The van der Waals surface area contributed by atoms with Crippen molar-refractivity contribution in [1.29, 1.82) is 0 Å². The zero-order valence-electron chi connectivity index (χ0n) is 42.0. The largest absolute Gasteiger partial charge is 0.472 e. The van der Waals surface area contributed by atoms with Gasteiger partial charge in [0.1, 0.15) is 42.7 Å². The lowest BCUT2D eigenvalue weighted by atomic mass is 9.85. The zero-order valence-corrected chi connectivity index (χ0v) is 42.9. The summed E-state index contributed by atoms with van der Waals surface area (Å²) >= 11 is 0. The fourth-order valence-electron chi connectivity index (χ4n) is 8.51. The number of aliphatic hydroxyl groups excluding tert-OH is 5. The lowest BCUT2D eigenvalue weighted by Gasteiger charge is -2.41. The molecule has 13 heteroatoms. The molecule has 1 aliphatic rings. The molecule has 0 amide bonds. The molecule has 390 valence electrons. The van der Waals surface area contributed by atoms with Crippen LogP contribution in [0, 0.1) is 0 Å². The van der Waals surface area contributed by atoms with Crippen molar-refractivity contribution < 1.29 is 58.3 Å². The second-order valence-corrected chi connectivity index (χ2v) is 20.5. The minimum Gasteiger partial charge on any atom is -0.457 e. The van der Waals surface area contributed by atoms with Crippen molar-refractivity contribution in [1.82, 2.24) is 0 Å². The number of esters is 1. The summed E-state index contributed by atoms with van der Waals surface area (Å²) in [5, 5.41) is 50.3. The first-order chi connectivity index (χ1) is 32.0. The van der Waals surface area contributed by atoms with Gasteiger partial charge in [0, 0.05) is 13.0 Å². The van der Waals surface area contributed by atoms with Crippen LogP contribution in [0.4, 0.5) is 0 Å². The zero-order chi connectivity index (χ0) is 48.4. The van der Waals surface area contributed by atoms with Gasteiger partial charge < -0.3 is 39.9 Å². The van der Waals surface area contributed by atoms with Crippen LogP contribution in [0.25, 0.3) is 0 Å². The molecule has 0 aliphatic heterocycles. The number of phosphoric ester groups is 1. The van der Waals surface area contributed by atoms with E-state index in [4.69, 9.17) is 18.5 Å². The maximum atomic E-state index is 12.9. The molecular formula is C53H101O12P. The SMILES string of the molecule is CCCCCC/C=C\C/C=C\CCCCCCCC(=O)OC(COCCCCCCCCCCCCCCCCCCCCCCCCC)COP(=O)(O)OC1C(O)C(O)C(O)C(O)C1O. The monoisotopic (exact) mass is 961 g/mol. The van der Waals surface area contributed by atoms with Gasteiger partial charge in [0.25, 0.3) is 0 Å². The van der Waals surface area contributed by atoms with Crippen molar-refractivity contribution >= 4 is 13.8 Å². The van der Waals surface area contributed by atoms with E-state index in [2.05, 4.69) is 38.2 Å². The highest BCUT2D eigenvalue weighted by Gasteiger charge is 2.51. The summed E-state index contributed by atoms with van der Waals surface area (Å²) in [6, 6.07) is 0. The molecule has 12 nitrogen and oxygen atoms in total. The van der Waals surface area contributed by atoms with Crippen LogP contribution in [0.1, 0.15) is 245 Å². The summed E-state index contributed by atoms with van der Waals surface area (Å²) in [7, 11) is -5.02. The van der Waals surface area contributed by atoms with Gasteiger partial charge >= 0.3 is 13.8 Å². The highest BCUT2D eigenvalue weighted by molar-refractivity contribution is 7.47. The van der Waals surface area contributed by atoms with E-state index in [1.807, 2.05) is 0 Å². The van der Waals surface area contributed by atoms with Gasteiger partial charge in [-0.2, -0.15) is 0 Å². The lowest BCUT2D eigenvalue weighted by molar-refractivity contribution is -0.220. The summed E-state index contributed by atoms with van der Waals surface area (Å²) in [6.45, 7) is 4.27. The molecule has 6 unspecified atom stereocenters. The number of carbonyl (C=O) groups is 1. The molecule has 6 N–H and O–H groups in total. The number of ether oxygens (including phenoxy) is 2. The molecule has 0 bridgehead atoms. The maximum Gasteiger partial charge on any atom is 0.472 e. The smallest absolute Gasteiger partial charge is 0.457 e. The topological polar surface area (TPSA) is 192 Å². The first-order valence-corrected chi connectivity index (χ1v) is 28.7. The molecule has 0 spiro atoms. The van der Waals surface area contributed by atoms with Crippen LogP contribution >= 0.6 is 7.82 Å². The molecule has 66 heavy (non-hydrogen) atoms. The van der Waals surface area contributed by atoms with Crippen molar-refractivity contribution in [3.8, 4) is 0 Å². The number of allylic oxidation sites excluding steroid dienone is 4. The predicted octanol–water partition coefficient (Wildman–Crippen LogP) is 12.4. The number of unbranched alkanes of at least 4 members (excludes halogenated alkanes) is 31. The molecular weight excluding hydrogens is 860 g/mol. The molecule has 1 aliphatic carbocycles. The van der Waals surface area contributed by atoms with E-state index in [9.17, 15) is 39.8 Å². The van der Waals surface area contributed by atoms with Crippen LogP contribution in [0.2, 0.25) is 0 Å². The van der Waals surface area contributed by atoms with Crippen molar-refractivity contribution in [2.45, 2.75) is 288 Å². The average molecular weight is 961 g/mol. The number of hydrogen-bond donors (Lipinski definition) is 6. The standard InChI is InChI=1S/C53H101O12P/c1-3-5-7-9-11-13-15-17-19-21-22-23-24-25-26-27-29-31-33-35-37-39-41-43-62-44-46(45-63-66(60,61)65-53-51(58)49(56)48(55)50(57)52(53)59)64-47(54)42-40-38-36-34-32-30-28-20-18-16-14-12-10-8-6-4-2/h14,16,20,28,46,48-53,55-59H,3-13,15,17-19,21-27,29-45H2,1-2H3,(H,60,61)/b16-14-,28-20-. The number of carbonyl (C=O) groups excluding carboxylic acids is 1. The Hall–Kier alpha value is -1.18. The van der Waals surface area contributed by atoms with E-state index in [0.717, 1.165) is 64.2 Å². The normalized spacial score (nSPS) is 21.5. The van der Waals surface area contributed by atoms with Gasteiger partial charge in [-0.25, -0.2) is 4.57 Å². The van der Waals surface area contributed by atoms with Crippen LogP contribution in [0.5, 0.6) is 0 Å². The Morgan fingerprint density at radius 2 is 0.848 bits per heavy atom. The van der Waals surface area contributed by atoms with E-state index in [1.54, 1.807) is 0 Å². The van der Waals surface area contributed by atoms with Crippen molar-refractivity contribution in [2.75, 3.05) is 19.8 Å². The van der Waals surface area contributed by atoms with Gasteiger partial charge in [-0.15, -0.1) is 0 Å². The van der Waals surface area contributed by atoms with Crippen LogP contribution in [-0.2, 0) is 27.9 Å². The van der Waals surface area contributed by atoms with Gasteiger partial charge in [-0.05, 0) is 44.9 Å². The Kier molecular flexibility index (Phi) is 41.7. The minimum absolute atomic E-state index is 0.0778. The number of rotatable bonds is 47. The van der Waals surface area contributed by atoms with Gasteiger partial charge in [0.2, 0.25) is 0 Å². The Balaban J connectivity index is 2.29. The summed E-state index contributed by atoms with van der Waals surface area (Å²) < 4.78 is 34.3. The van der Waals surface area contributed by atoms with Crippen LogP contribution < -0.4 is 0 Å². The highest BCUT2D eigenvalue weighted by Crippen LogP contribution is 2.47. The highest BCUT2D eigenvalue weighted by atomic mass is 31.2. The summed E-state index contributed by atoms with van der Waals surface area (Å²) in [4.78, 5) is 23.2. The first-order valence-electron chi connectivity index (χ1n) is 27.2. The Morgan fingerprint density at radius 3 is 1.29 bits per heavy atom. The molecule has 6 atom stereocenters. The van der Waals surface area contributed by atoms with E-state index in [1.165, 1.54) is 154 Å². The second-order valence-electron chi connectivity index (χ2n) is 19.1. The van der Waals surface area contributed by atoms with Crippen molar-refractivity contribution in [3.05, 3.63) is 24.3 Å². The molecule has 0 aromatic carbocycles. The summed E-state index contributed by atoms with van der Waals surface area (Å²) in [6.07, 6.45) is 39.7. The van der Waals surface area contributed by atoms with Crippen LogP contribution in [0.3, 0.4) is 0 Å². The van der Waals surface area contributed by atoms with Crippen LogP contribution in [-0.4, -0.2) is 98.9 Å². The van der Waals surface area contributed by atoms with Crippen molar-refractivity contribution in [3.63, 3.8) is 0 Å². The third-order valence-electron chi connectivity index (χ3n) is 12.8. The first kappa shape index (κ1) is 62.8. The summed E-state index contributed by atoms with van der Waals surface area (Å²) in [5.41, 5.74) is 0. The maximum absolute atomic E-state index is 12.9. The minimum atomic E-state index is -5.02. The number of phosphoric acid groups is 1. The molecule has 0 saturated heterocycles. The molecule has 1 saturated carbocycles. The third kappa shape index (κ3) is 35.0. The fourth-order valence-corrected chi connectivity index (χ4v) is 9.48. The Labute approximate surface area is 402 Å². The average Bonchev–Trinajstić information content (AvgIpc) is 3.30. The lowest BCUT2D eigenvalue weighted by Crippen LogP contribution is -2.64. The number of hydrogen-bond acceptors (Lipinski definition) is 11. The third-order valence-corrected chi connectivity index (χ3v) is 13.8. The van der Waals surface area contributed by atoms with Gasteiger partial charge in [-0.3, -0.25) is 13.8 Å². The van der Waals surface area contributed by atoms with E-state index >= 15 is 0 Å². The number of aliphatic hydroxyl groups is 5. The van der Waals surface area contributed by atoms with Crippen LogP contribution in [0.15, 0.2) is 24.3 Å². The molecule has 0 radical (unpaired) electrons. The van der Waals surface area contributed by atoms with Gasteiger partial charge in [0.15, 0.2) is 0 Å². The molecule has 0 aromatic rings. The Bertz CT molecular complexity index is 1190. The van der Waals surface area contributed by atoms with E-state index in [0.29, 0.717) is 13.0 Å². The van der Waals surface area contributed by atoms with E-state index in [-0.39, 0.29) is 13.0 Å². The summed E-state index contributed by atoms with van der Waals surface area (Å²) in [5.74, 6) is -0.486. The second kappa shape index (κ2) is 43.8. The fraction of sp³-hybridized carbons (Fsp3) is 0.906. The Morgan fingerprint density at radius 1 is 0.485 bits per heavy atom. The molecule has 1 fully saturated rings. The quantitative estimate of drug-likeness (QED) is 0.0147. The molecule has 1 rings (SSSR count). The predicted molar refractivity (Wildman–Crippen MR) is 267 cm³/mol. The van der Waals surface area contributed by atoms with E-state index < -0.39 is 63.1 Å². The van der Waals surface area contributed by atoms with Crippen molar-refractivity contribution in [2.24, 2.45) is 0 Å². The van der Waals surface area contributed by atoms with Gasteiger partial charge in [-0.1, -0.05) is 218 Å². The molecule has 0 heterocycles. The molecule has 0 aromatic heterocycles.